The summed E-state index contributed by atoms with van der Waals surface area (Å²) in [6, 6.07) is 0. The van der Waals surface area contributed by atoms with E-state index in [1.807, 2.05) is 0 Å². The highest BCUT2D eigenvalue weighted by Crippen LogP contribution is 2.25. The molecule has 0 spiro atoms. The van der Waals surface area contributed by atoms with E-state index in [0.29, 0.717) is 0 Å². The second-order valence-electron chi connectivity index (χ2n) is 19.6. The van der Waals surface area contributed by atoms with Crippen LogP contribution in [0.2, 0.25) is 0 Å². The predicted molar refractivity (Wildman–Crippen MR) is 264 cm³/mol. The molecule has 0 saturated heterocycles. The van der Waals surface area contributed by atoms with Gasteiger partial charge in [-0.05, 0) is 18.9 Å². The molecule has 0 aliphatic heterocycles. The maximum atomic E-state index is 5.62. The van der Waals surface area contributed by atoms with E-state index in [1.54, 1.807) is 0 Å². The Morgan fingerprint density at radius 2 is 0.333 bits per heavy atom. The molecule has 0 unspecified atom stereocenters. The summed E-state index contributed by atoms with van der Waals surface area (Å²) in [7, 11) is 0. The second-order valence-corrected chi connectivity index (χ2v) is 19.6. The number of hydrogen-bond acceptors (Lipinski definition) is 1. The van der Waals surface area contributed by atoms with E-state index < -0.39 is 0 Å². The normalized spacial score (nSPS) is 11.8. The molecule has 0 amide bonds. The molecule has 0 atom stereocenters. The Bertz CT molecular complexity index is 618. The van der Waals surface area contributed by atoms with Crippen LogP contribution in [-0.4, -0.2) is 6.54 Å². The average Bonchev–Trinajstić information content (AvgIpc) is 3.22. The molecule has 0 radical (unpaired) electrons. The lowest BCUT2D eigenvalue weighted by Gasteiger charge is -2.17. The molecule has 0 aromatic rings. The molecule has 344 valence electrons. The van der Waals surface area contributed by atoms with E-state index >= 15 is 0 Å². The monoisotopic (exact) mass is 802 g/mol. The van der Waals surface area contributed by atoms with Crippen LogP contribution in [0.5, 0.6) is 0 Å². The van der Waals surface area contributed by atoms with Gasteiger partial charge in [0.25, 0.3) is 0 Å². The van der Waals surface area contributed by atoms with Crippen molar-refractivity contribution in [1.29, 1.82) is 0 Å². The fourth-order valence-electron chi connectivity index (χ4n) is 9.62. The first-order valence-electron chi connectivity index (χ1n) is 28.0. The summed E-state index contributed by atoms with van der Waals surface area (Å²) in [6.07, 6.45) is 76.7. The van der Waals surface area contributed by atoms with Gasteiger partial charge in [0.1, 0.15) is 0 Å². The topological polar surface area (TPSA) is 26.0 Å². The summed E-state index contributed by atoms with van der Waals surface area (Å²) in [5, 5.41) is 0. The summed E-state index contributed by atoms with van der Waals surface area (Å²) in [5.74, 6) is 1.02. The standard InChI is InChI=1S/C56H115N/c1-3-5-7-9-11-13-15-17-19-21-23-25-28-32-36-40-44-48-52-56(54-50-46-42-38-34-30-27-31-35-39-43-47-51-55-57)53-49-45-41-37-33-29-26-24-22-20-18-16-14-12-10-8-6-4-2/h56H,3-55,57H2,1-2H3. The van der Waals surface area contributed by atoms with Gasteiger partial charge in [-0.15, -0.1) is 0 Å². The van der Waals surface area contributed by atoms with Crippen molar-refractivity contribution >= 4 is 0 Å². The quantitative estimate of drug-likeness (QED) is 0.0609. The van der Waals surface area contributed by atoms with Gasteiger partial charge in [0.05, 0.1) is 0 Å². The number of nitrogens with two attached hydrogens (primary N) is 1. The van der Waals surface area contributed by atoms with Gasteiger partial charge in [-0.3, -0.25) is 0 Å². The molecule has 0 saturated carbocycles. The van der Waals surface area contributed by atoms with Crippen molar-refractivity contribution in [3.05, 3.63) is 0 Å². The molecule has 0 fully saturated rings. The maximum Gasteiger partial charge on any atom is -0.00773 e. The van der Waals surface area contributed by atoms with E-state index in [4.69, 9.17) is 5.73 Å². The van der Waals surface area contributed by atoms with Crippen molar-refractivity contribution in [1.82, 2.24) is 0 Å². The Morgan fingerprint density at radius 1 is 0.193 bits per heavy atom. The lowest BCUT2D eigenvalue weighted by molar-refractivity contribution is 0.365. The Morgan fingerprint density at radius 3 is 0.491 bits per heavy atom. The third kappa shape index (κ3) is 52.0. The Kier molecular flexibility index (Phi) is 53.9. The molecular weight excluding hydrogens is 687 g/mol. The van der Waals surface area contributed by atoms with Crippen LogP contribution >= 0.6 is 0 Å². The van der Waals surface area contributed by atoms with Crippen LogP contribution < -0.4 is 5.73 Å². The predicted octanol–water partition coefficient (Wildman–Crippen LogP) is 20.9. The second kappa shape index (κ2) is 54.0. The Balaban J connectivity index is 3.93. The van der Waals surface area contributed by atoms with E-state index in [9.17, 15) is 0 Å². The summed E-state index contributed by atoms with van der Waals surface area (Å²) >= 11 is 0. The first-order valence-corrected chi connectivity index (χ1v) is 28.0. The van der Waals surface area contributed by atoms with Crippen LogP contribution in [0.3, 0.4) is 0 Å². The lowest BCUT2D eigenvalue weighted by atomic mass is 9.89. The third-order valence-electron chi connectivity index (χ3n) is 13.7. The van der Waals surface area contributed by atoms with E-state index in [2.05, 4.69) is 13.8 Å². The van der Waals surface area contributed by atoms with Gasteiger partial charge in [-0.1, -0.05) is 341 Å². The van der Waals surface area contributed by atoms with Gasteiger partial charge in [-0.2, -0.15) is 0 Å². The minimum absolute atomic E-state index is 0.875. The number of hydrogen-bond donors (Lipinski definition) is 1. The molecule has 0 bridgehead atoms. The molecule has 0 rings (SSSR count). The molecule has 0 heterocycles. The Hall–Kier alpha value is -0.0400. The van der Waals surface area contributed by atoms with Gasteiger partial charge in [-0.25, -0.2) is 0 Å². The van der Waals surface area contributed by atoms with E-state index in [1.165, 1.54) is 334 Å². The molecule has 0 aromatic heterocycles. The summed E-state index contributed by atoms with van der Waals surface area (Å²) in [4.78, 5) is 0. The summed E-state index contributed by atoms with van der Waals surface area (Å²) < 4.78 is 0. The lowest BCUT2D eigenvalue weighted by Crippen LogP contribution is -2.01. The third-order valence-corrected chi connectivity index (χ3v) is 13.7. The van der Waals surface area contributed by atoms with Gasteiger partial charge in [0, 0.05) is 0 Å². The van der Waals surface area contributed by atoms with Crippen LogP contribution in [-0.2, 0) is 0 Å². The molecule has 0 aromatic carbocycles. The van der Waals surface area contributed by atoms with Crippen LogP contribution in [0, 0.1) is 5.92 Å². The molecule has 0 aliphatic carbocycles. The van der Waals surface area contributed by atoms with Crippen LogP contribution in [0.1, 0.15) is 348 Å². The first-order chi connectivity index (χ1) is 28.3. The van der Waals surface area contributed by atoms with Crippen molar-refractivity contribution in [2.24, 2.45) is 11.7 Å². The van der Waals surface area contributed by atoms with Gasteiger partial charge >= 0.3 is 0 Å². The summed E-state index contributed by atoms with van der Waals surface area (Å²) in [5.41, 5.74) is 5.62. The summed E-state index contributed by atoms with van der Waals surface area (Å²) in [6.45, 7) is 5.51. The highest BCUT2D eigenvalue weighted by molar-refractivity contribution is 4.63. The van der Waals surface area contributed by atoms with E-state index in [0.717, 1.165) is 12.5 Å². The molecule has 1 heteroatoms. The number of rotatable bonds is 53. The average molecular weight is 803 g/mol. The van der Waals surface area contributed by atoms with Crippen molar-refractivity contribution in [2.45, 2.75) is 348 Å². The smallest absolute Gasteiger partial charge is 0.00773 e. The fraction of sp³-hybridized carbons (Fsp3) is 1.00. The first kappa shape index (κ1) is 57.0. The van der Waals surface area contributed by atoms with Crippen molar-refractivity contribution < 1.29 is 0 Å². The van der Waals surface area contributed by atoms with Crippen molar-refractivity contribution in [3.63, 3.8) is 0 Å². The SMILES string of the molecule is CCCCCCCCCCCCCCCCCCCCC(CCCCCCCCCCCCCCCN)CCCCCCCCCCCCCCCCCCCC. The van der Waals surface area contributed by atoms with Gasteiger partial charge < -0.3 is 5.73 Å². The molecule has 2 N–H and O–H groups in total. The maximum absolute atomic E-state index is 5.62. The minimum Gasteiger partial charge on any atom is -0.330 e. The molecule has 0 aliphatic rings. The fourth-order valence-corrected chi connectivity index (χ4v) is 9.62. The molecule has 1 nitrogen and oxygen atoms in total. The minimum atomic E-state index is 0.875. The van der Waals surface area contributed by atoms with Crippen molar-refractivity contribution in [2.75, 3.05) is 6.54 Å². The zero-order valence-electron chi connectivity index (χ0n) is 40.6. The van der Waals surface area contributed by atoms with Crippen LogP contribution in [0.25, 0.3) is 0 Å². The van der Waals surface area contributed by atoms with E-state index in [-0.39, 0.29) is 0 Å². The van der Waals surface area contributed by atoms with Crippen molar-refractivity contribution in [3.8, 4) is 0 Å². The van der Waals surface area contributed by atoms with Crippen LogP contribution in [0.4, 0.5) is 0 Å². The molecule has 57 heavy (non-hydrogen) atoms. The Labute approximate surface area is 364 Å². The zero-order valence-corrected chi connectivity index (χ0v) is 40.6. The largest absolute Gasteiger partial charge is 0.330 e. The highest BCUT2D eigenvalue weighted by atomic mass is 14.5. The van der Waals surface area contributed by atoms with Gasteiger partial charge in [0.15, 0.2) is 0 Å². The highest BCUT2D eigenvalue weighted by Gasteiger charge is 2.09. The van der Waals surface area contributed by atoms with Crippen LogP contribution in [0.15, 0.2) is 0 Å². The molecular formula is C56H115N. The number of unbranched alkanes of at least 4 members (excludes halogenated alkanes) is 46. The zero-order chi connectivity index (χ0) is 41.1. The van der Waals surface area contributed by atoms with Gasteiger partial charge in [0.2, 0.25) is 0 Å².